The number of piperazine rings is 1. The standard InChI is InChI=1S/C20H25N3OS/c1-17-3-2-4-19(13-17)15-25-16-20(24)23-11-9-22(10-12-23)14-18-5-7-21-8-6-18/h2-8,13H,9-12,14-16H2,1H3. The van der Waals surface area contributed by atoms with Gasteiger partial charge in [0.15, 0.2) is 0 Å². The molecule has 5 heteroatoms. The van der Waals surface area contributed by atoms with Crippen LogP contribution in [0.5, 0.6) is 0 Å². The lowest BCUT2D eigenvalue weighted by Gasteiger charge is -2.34. The summed E-state index contributed by atoms with van der Waals surface area (Å²) in [5.41, 5.74) is 3.85. The molecule has 0 aliphatic carbocycles. The summed E-state index contributed by atoms with van der Waals surface area (Å²) >= 11 is 1.71. The van der Waals surface area contributed by atoms with E-state index in [9.17, 15) is 4.79 Å². The molecule has 1 aliphatic heterocycles. The van der Waals surface area contributed by atoms with Crippen molar-refractivity contribution in [3.63, 3.8) is 0 Å². The van der Waals surface area contributed by atoms with Gasteiger partial charge in [-0.25, -0.2) is 0 Å². The number of aryl methyl sites for hydroxylation is 1. The van der Waals surface area contributed by atoms with Crippen LogP contribution in [0.3, 0.4) is 0 Å². The molecule has 1 saturated heterocycles. The van der Waals surface area contributed by atoms with Crippen LogP contribution in [0.4, 0.5) is 0 Å². The van der Waals surface area contributed by atoms with Crippen LogP contribution in [0.15, 0.2) is 48.8 Å². The molecular weight excluding hydrogens is 330 g/mol. The van der Waals surface area contributed by atoms with Crippen LogP contribution in [-0.4, -0.2) is 52.6 Å². The van der Waals surface area contributed by atoms with Crippen molar-refractivity contribution >= 4 is 17.7 Å². The summed E-state index contributed by atoms with van der Waals surface area (Å²) in [6, 6.07) is 12.6. The number of hydrogen-bond donors (Lipinski definition) is 0. The Labute approximate surface area is 154 Å². The third kappa shape index (κ3) is 5.58. The summed E-state index contributed by atoms with van der Waals surface area (Å²) in [5.74, 6) is 1.73. The lowest BCUT2D eigenvalue weighted by Crippen LogP contribution is -2.48. The zero-order valence-corrected chi connectivity index (χ0v) is 15.5. The Kier molecular flexibility index (Phi) is 6.48. The molecule has 2 aromatic rings. The predicted molar refractivity (Wildman–Crippen MR) is 103 cm³/mol. The van der Waals surface area contributed by atoms with Crippen molar-refractivity contribution in [2.75, 3.05) is 31.9 Å². The highest BCUT2D eigenvalue weighted by molar-refractivity contribution is 7.99. The summed E-state index contributed by atoms with van der Waals surface area (Å²) in [4.78, 5) is 20.9. The number of pyridine rings is 1. The third-order valence-electron chi connectivity index (χ3n) is 4.46. The number of carbonyl (C=O) groups is 1. The van der Waals surface area contributed by atoms with Gasteiger partial charge in [0.05, 0.1) is 5.75 Å². The van der Waals surface area contributed by atoms with Gasteiger partial charge >= 0.3 is 0 Å². The second kappa shape index (κ2) is 9.02. The first-order chi connectivity index (χ1) is 12.2. The second-order valence-corrected chi connectivity index (χ2v) is 7.48. The maximum absolute atomic E-state index is 12.4. The Morgan fingerprint density at radius 3 is 2.56 bits per heavy atom. The summed E-state index contributed by atoms with van der Waals surface area (Å²) in [5, 5.41) is 0. The number of amides is 1. The van der Waals surface area contributed by atoms with Crippen LogP contribution in [0.2, 0.25) is 0 Å². The van der Waals surface area contributed by atoms with E-state index in [0.717, 1.165) is 38.5 Å². The van der Waals surface area contributed by atoms with E-state index in [1.165, 1.54) is 16.7 Å². The minimum Gasteiger partial charge on any atom is -0.339 e. The molecule has 1 fully saturated rings. The Hall–Kier alpha value is -1.85. The quantitative estimate of drug-likeness (QED) is 0.798. The van der Waals surface area contributed by atoms with Crippen molar-refractivity contribution in [1.82, 2.24) is 14.8 Å². The van der Waals surface area contributed by atoms with Crippen molar-refractivity contribution in [1.29, 1.82) is 0 Å². The minimum absolute atomic E-state index is 0.265. The van der Waals surface area contributed by atoms with Gasteiger partial charge in [0.25, 0.3) is 0 Å². The number of benzene rings is 1. The molecule has 2 heterocycles. The highest BCUT2D eigenvalue weighted by Crippen LogP contribution is 2.15. The molecule has 0 bridgehead atoms. The van der Waals surface area contributed by atoms with Gasteiger partial charge in [-0.15, -0.1) is 11.8 Å². The lowest BCUT2D eigenvalue weighted by molar-refractivity contribution is -0.130. The van der Waals surface area contributed by atoms with Gasteiger partial charge in [-0.05, 0) is 30.2 Å². The van der Waals surface area contributed by atoms with Crippen molar-refractivity contribution in [3.8, 4) is 0 Å². The average Bonchev–Trinajstić information content (AvgIpc) is 2.63. The molecule has 132 valence electrons. The lowest BCUT2D eigenvalue weighted by atomic mass is 10.2. The maximum Gasteiger partial charge on any atom is 0.232 e. The first-order valence-electron chi connectivity index (χ1n) is 8.73. The van der Waals surface area contributed by atoms with Crippen molar-refractivity contribution in [2.45, 2.75) is 19.2 Å². The number of thioether (sulfide) groups is 1. The first kappa shape index (κ1) is 18.0. The van der Waals surface area contributed by atoms with E-state index in [0.29, 0.717) is 5.75 Å². The fourth-order valence-electron chi connectivity index (χ4n) is 3.05. The molecule has 1 amide bonds. The number of rotatable bonds is 6. The van der Waals surface area contributed by atoms with Gasteiger partial charge in [0, 0.05) is 50.9 Å². The minimum atomic E-state index is 0.265. The molecule has 0 unspecified atom stereocenters. The van der Waals surface area contributed by atoms with Gasteiger partial charge in [0.2, 0.25) is 5.91 Å². The van der Waals surface area contributed by atoms with Gasteiger partial charge in [-0.1, -0.05) is 29.8 Å². The van der Waals surface area contributed by atoms with E-state index in [1.54, 1.807) is 11.8 Å². The molecule has 0 N–H and O–H groups in total. The zero-order valence-electron chi connectivity index (χ0n) is 14.7. The summed E-state index contributed by atoms with van der Waals surface area (Å²) < 4.78 is 0. The fourth-order valence-corrected chi connectivity index (χ4v) is 3.93. The van der Waals surface area contributed by atoms with E-state index < -0.39 is 0 Å². The monoisotopic (exact) mass is 355 g/mol. The molecule has 1 aromatic heterocycles. The normalized spacial score (nSPS) is 15.3. The topological polar surface area (TPSA) is 36.4 Å². The smallest absolute Gasteiger partial charge is 0.232 e. The Morgan fingerprint density at radius 1 is 1.08 bits per heavy atom. The van der Waals surface area contributed by atoms with Gasteiger partial charge in [0.1, 0.15) is 0 Å². The molecule has 1 aliphatic rings. The third-order valence-corrected chi connectivity index (χ3v) is 5.45. The van der Waals surface area contributed by atoms with Crippen LogP contribution in [0.25, 0.3) is 0 Å². The van der Waals surface area contributed by atoms with Gasteiger partial charge in [-0.2, -0.15) is 0 Å². The summed E-state index contributed by atoms with van der Waals surface area (Å²) in [6.45, 7) is 6.58. The first-order valence-corrected chi connectivity index (χ1v) is 9.88. The van der Waals surface area contributed by atoms with Gasteiger partial charge in [-0.3, -0.25) is 14.7 Å². The fraction of sp³-hybridized carbons (Fsp3) is 0.400. The maximum atomic E-state index is 12.4. The summed E-state index contributed by atoms with van der Waals surface area (Å²) in [7, 11) is 0. The number of hydrogen-bond acceptors (Lipinski definition) is 4. The zero-order chi connectivity index (χ0) is 17.5. The van der Waals surface area contributed by atoms with Crippen LogP contribution in [0, 0.1) is 6.92 Å². The van der Waals surface area contributed by atoms with Crippen molar-refractivity contribution in [3.05, 3.63) is 65.5 Å². The van der Waals surface area contributed by atoms with E-state index in [1.807, 2.05) is 17.3 Å². The van der Waals surface area contributed by atoms with Gasteiger partial charge < -0.3 is 4.90 Å². The number of aromatic nitrogens is 1. The molecule has 0 radical (unpaired) electrons. The van der Waals surface area contributed by atoms with Crippen LogP contribution in [0.1, 0.15) is 16.7 Å². The molecule has 0 atom stereocenters. The van der Waals surface area contributed by atoms with Crippen LogP contribution < -0.4 is 0 Å². The molecular formula is C20H25N3OS. The molecule has 3 rings (SSSR count). The van der Waals surface area contributed by atoms with E-state index in [4.69, 9.17) is 0 Å². The van der Waals surface area contributed by atoms with Crippen LogP contribution >= 0.6 is 11.8 Å². The molecule has 4 nitrogen and oxygen atoms in total. The van der Waals surface area contributed by atoms with E-state index >= 15 is 0 Å². The van der Waals surface area contributed by atoms with Crippen LogP contribution in [-0.2, 0) is 17.1 Å². The second-order valence-electron chi connectivity index (χ2n) is 6.49. The van der Waals surface area contributed by atoms with Crippen molar-refractivity contribution < 1.29 is 4.79 Å². The average molecular weight is 356 g/mol. The largest absolute Gasteiger partial charge is 0.339 e. The number of carbonyl (C=O) groups excluding carboxylic acids is 1. The molecule has 1 aromatic carbocycles. The van der Waals surface area contributed by atoms with E-state index in [2.05, 4.69) is 53.2 Å². The molecule has 25 heavy (non-hydrogen) atoms. The number of nitrogens with zero attached hydrogens (tertiary/aromatic N) is 3. The Bertz CT molecular complexity index is 684. The predicted octanol–water partition coefficient (Wildman–Crippen LogP) is 2.97. The molecule has 0 spiro atoms. The Balaban J connectivity index is 1.38. The van der Waals surface area contributed by atoms with E-state index in [-0.39, 0.29) is 5.91 Å². The Morgan fingerprint density at radius 2 is 1.84 bits per heavy atom. The highest BCUT2D eigenvalue weighted by atomic mass is 32.2. The highest BCUT2D eigenvalue weighted by Gasteiger charge is 2.20. The van der Waals surface area contributed by atoms with Crippen molar-refractivity contribution in [2.24, 2.45) is 0 Å². The SMILES string of the molecule is Cc1cccc(CSCC(=O)N2CCN(Cc3ccncc3)CC2)c1. The molecule has 0 saturated carbocycles. The summed E-state index contributed by atoms with van der Waals surface area (Å²) in [6.07, 6.45) is 3.67.